The molecule has 0 spiro atoms. The average Bonchev–Trinajstić information content (AvgIpc) is 2.98. The molecule has 0 radical (unpaired) electrons. The van der Waals surface area contributed by atoms with Crippen molar-refractivity contribution in [2.75, 3.05) is 5.73 Å². The molecule has 2 rings (SSSR count). The van der Waals surface area contributed by atoms with Crippen LogP contribution in [0.3, 0.4) is 0 Å². The first-order valence-corrected chi connectivity index (χ1v) is 9.24. The van der Waals surface area contributed by atoms with Gasteiger partial charge in [0.25, 0.3) is 0 Å². The summed E-state index contributed by atoms with van der Waals surface area (Å²) >= 11 is 0. The monoisotopic (exact) mass is 369 g/mol. The van der Waals surface area contributed by atoms with Gasteiger partial charge in [-0.2, -0.15) is 5.10 Å². The van der Waals surface area contributed by atoms with Crippen molar-refractivity contribution in [2.45, 2.75) is 52.2 Å². The second-order valence-electron chi connectivity index (χ2n) is 6.20. The summed E-state index contributed by atoms with van der Waals surface area (Å²) < 4.78 is 6.82. The molecule has 7 nitrogen and oxygen atoms in total. The zero-order chi connectivity index (χ0) is 19.5. The lowest BCUT2D eigenvalue weighted by Gasteiger charge is -2.03. The second kappa shape index (κ2) is 10.9. The Kier molecular flexibility index (Phi) is 8.22. The number of allylic oxidation sites excluding steroid dienone is 1. The summed E-state index contributed by atoms with van der Waals surface area (Å²) in [5.41, 5.74) is 8.10. The number of ether oxygens (including phenoxy) is 1. The highest BCUT2D eigenvalue weighted by Crippen LogP contribution is 2.28. The van der Waals surface area contributed by atoms with Gasteiger partial charge in [-0.25, -0.2) is 9.48 Å². The van der Waals surface area contributed by atoms with Gasteiger partial charge in [0.1, 0.15) is 12.4 Å². The van der Waals surface area contributed by atoms with Crippen molar-refractivity contribution in [1.82, 2.24) is 9.78 Å². The van der Waals surface area contributed by atoms with Crippen molar-refractivity contribution in [3.05, 3.63) is 54.2 Å². The number of aromatic nitrogens is 2. The van der Waals surface area contributed by atoms with Gasteiger partial charge in [-0.1, -0.05) is 67.7 Å². The Morgan fingerprint density at radius 2 is 2.07 bits per heavy atom. The number of aryl methyl sites for hydroxylation is 1. The number of carbonyl (C=O) groups is 1. The van der Waals surface area contributed by atoms with Crippen molar-refractivity contribution in [1.29, 1.82) is 0 Å². The quantitative estimate of drug-likeness (QED) is 0.354. The molecule has 144 valence electrons. The minimum atomic E-state index is -0.765. The maximum Gasteiger partial charge on any atom is 0.452 e. The molecule has 0 fully saturated rings. The molecule has 27 heavy (non-hydrogen) atoms. The van der Waals surface area contributed by atoms with Crippen LogP contribution in [-0.2, 0) is 24.3 Å². The number of benzene rings is 1. The van der Waals surface area contributed by atoms with Crippen molar-refractivity contribution < 1.29 is 9.53 Å². The molecule has 7 heteroatoms. The molecule has 0 unspecified atom stereocenters. The van der Waals surface area contributed by atoms with Gasteiger partial charge in [-0.3, -0.25) is 0 Å². The number of amides is 1. The van der Waals surface area contributed by atoms with Crippen LogP contribution in [0.5, 0.6) is 0 Å². The maximum absolute atomic E-state index is 11.9. The topological polar surface area (TPSA) is 94.9 Å². The van der Waals surface area contributed by atoms with Gasteiger partial charge in [0.15, 0.2) is 5.69 Å². The van der Waals surface area contributed by atoms with Crippen molar-refractivity contribution >= 4 is 17.6 Å². The standard InChI is InChI=1S/C20H27N5O2/c1-3-5-6-10-14-25-19(21)18(17(24-25)11-4-2)22-23-20(26)27-15-16-12-8-7-9-13-16/h4,7-9,12-13H,2-3,5-6,10-11,14-15,21H2,1H3/b23-22+. The van der Waals surface area contributed by atoms with E-state index in [1.165, 1.54) is 12.8 Å². The largest absolute Gasteiger partial charge is 0.452 e. The minimum absolute atomic E-state index is 0.143. The van der Waals surface area contributed by atoms with Gasteiger partial charge < -0.3 is 10.5 Å². The van der Waals surface area contributed by atoms with Crippen LogP contribution in [0.2, 0.25) is 0 Å². The molecule has 0 atom stereocenters. The van der Waals surface area contributed by atoms with Gasteiger partial charge in [-0.15, -0.1) is 11.7 Å². The van der Waals surface area contributed by atoms with E-state index in [0.29, 0.717) is 30.2 Å². The Labute approximate surface area is 159 Å². The SMILES string of the molecule is C=CCc1nn(CCCCCC)c(N)c1/N=N/C(=O)OCc1ccccc1. The third-order valence-corrected chi connectivity index (χ3v) is 4.03. The Morgan fingerprint density at radius 1 is 1.30 bits per heavy atom. The number of rotatable bonds is 10. The van der Waals surface area contributed by atoms with E-state index in [-0.39, 0.29) is 6.61 Å². The number of hydrogen-bond donors (Lipinski definition) is 1. The zero-order valence-electron chi connectivity index (χ0n) is 15.8. The minimum Gasteiger partial charge on any atom is -0.442 e. The summed E-state index contributed by atoms with van der Waals surface area (Å²) in [7, 11) is 0. The molecular formula is C20H27N5O2. The molecule has 1 aromatic heterocycles. The summed E-state index contributed by atoms with van der Waals surface area (Å²) in [5.74, 6) is 0.406. The highest BCUT2D eigenvalue weighted by Gasteiger charge is 2.15. The Hall–Kier alpha value is -2.96. The fraction of sp³-hybridized carbons (Fsp3) is 0.400. The van der Waals surface area contributed by atoms with Crippen LogP contribution in [0, 0.1) is 0 Å². The number of nitrogens with two attached hydrogens (primary N) is 1. The predicted molar refractivity (Wildman–Crippen MR) is 106 cm³/mol. The Bertz CT molecular complexity index is 768. The van der Waals surface area contributed by atoms with Crippen LogP contribution in [-0.4, -0.2) is 15.9 Å². The van der Waals surface area contributed by atoms with Crippen molar-refractivity contribution in [3.63, 3.8) is 0 Å². The van der Waals surface area contributed by atoms with Crippen LogP contribution < -0.4 is 5.73 Å². The Balaban J connectivity index is 2.01. The summed E-state index contributed by atoms with van der Waals surface area (Å²) in [6.07, 6.45) is 5.91. The van der Waals surface area contributed by atoms with Gasteiger partial charge in [0.2, 0.25) is 0 Å². The van der Waals surface area contributed by atoms with E-state index in [2.05, 4.69) is 28.8 Å². The number of azo groups is 1. The van der Waals surface area contributed by atoms with E-state index in [9.17, 15) is 4.79 Å². The molecule has 1 heterocycles. The smallest absolute Gasteiger partial charge is 0.442 e. The molecule has 1 amide bonds. The number of anilines is 1. The van der Waals surface area contributed by atoms with E-state index < -0.39 is 6.09 Å². The molecule has 0 aliphatic carbocycles. The number of hydrogen-bond acceptors (Lipinski definition) is 5. The summed E-state index contributed by atoms with van der Waals surface area (Å²) in [6, 6.07) is 9.39. The van der Waals surface area contributed by atoms with Crippen LogP contribution in [0.25, 0.3) is 0 Å². The number of unbranched alkanes of at least 4 members (excludes halogenated alkanes) is 3. The average molecular weight is 369 g/mol. The molecule has 0 aliphatic heterocycles. The van der Waals surface area contributed by atoms with Gasteiger partial charge in [-0.05, 0) is 12.0 Å². The second-order valence-corrected chi connectivity index (χ2v) is 6.20. The van der Waals surface area contributed by atoms with E-state index >= 15 is 0 Å². The number of carbonyl (C=O) groups excluding carboxylic acids is 1. The number of nitrogen functional groups attached to an aromatic ring is 1. The van der Waals surface area contributed by atoms with Crippen LogP contribution >= 0.6 is 0 Å². The normalized spacial score (nSPS) is 11.0. The molecular weight excluding hydrogens is 342 g/mol. The van der Waals surface area contributed by atoms with Gasteiger partial charge in [0, 0.05) is 13.0 Å². The zero-order valence-corrected chi connectivity index (χ0v) is 15.8. The van der Waals surface area contributed by atoms with Crippen molar-refractivity contribution in [3.8, 4) is 0 Å². The van der Waals surface area contributed by atoms with E-state index in [1.54, 1.807) is 10.8 Å². The highest BCUT2D eigenvalue weighted by molar-refractivity contribution is 5.69. The van der Waals surface area contributed by atoms with E-state index in [1.807, 2.05) is 30.3 Å². The highest BCUT2D eigenvalue weighted by atomic mass is 16.5. The fourth-order valence-electron chi connectivity index (χ4n) is 2.60. The molecule has 0 saturated heterocycles. The Morgan fingerprint density at radius 3 is 2.78 bits per heavy atom. The van der Waals surface area contributed by atoms with Crippen LogP contribution in [0.4, 0.5) is 16.3 Å². The summed E-state index contributed by atoms with van der Waals surface area (Å²) in [6.45, 7) is 6.75. The third kappa shape index (κ3) is 6.36. The third-order valence-electron chi connectivity index (χ3n) is 4.03. The number of nitrogens with zero attached hydrogens (tertiary/aromatic N) is 4. The molecule has 2 N–H and O–H groups in total. The molecule has 0 bridgehead atoms. The fourth-order valence-corrected chi connectivity index (χ4v) is 2.60. The predicted octanol–water partition coefficient (Wildman–Crippen LogP) is 5.19. The lowest BCUT2D eigenvalue weighted by molar-refractivity contribution is 0.149. The van der Waals surface area contributed by atoms with Gasteiger partial charge in [0.05, 0.1) is 5.69 Å². The first-order valence-electron chi connectivity index (χ1n) is 9.24. The lowest BCUT2D eigenvalue weighted by atomic mass is 10.2. The van der Waals surface area contributed by atoms with E-state index in [4.69, 9.17) is 10.5 Å². The van der Waals surface area contributed by atoms with Crippen LogP contribution in [0.15, 0.2) is 53.2 Å². The van der Waals surface area contributed by atoms with E-state index in [0.717, 1.165) is 18.4 Å². The molecule has 0 aliphatic rings. The van der Waals surface area contributed by atoms with Gasteiger partial charge >= 0.3 is 6.09 Å². The summed E-state index contributed by atoms with van der Waals surface area (Å²) in [5, 5.41) is 12.1. The first-order chi connectivity index (χ1) is 13.2. The van der Waals surface area contributed by atoms with Crippen LogP contribution in [0.1, 0.15) is 43.9 Å². The lowest BCUT2D eigenvalue weighted by Crippen LogP contribution is -2.05. The first kappa shape index (κ1) is 20.4. The molecule has 2 aromatic rings. The summed E-state index contributed by atoms with van der Waals surface area (Å²) in [4.78, 5) is 11.9. The molecule has 1 aromatic carbocycles. The van der Waals surface area contributed by atoms with Crippen molar-refractivity contribution in [2.24, 2.45) is 10.2 Å². The molecule has 0 saturated carbocycles. The maximum atomic E-state index is 11.9.